The quantitative estimate of drug-likeness (QED) is 0.891. The Bertz CT molecular complexity index is 634. The first kappa shape index (κ1) is 14.2. The number of primary amides is 1. The minimum atomic E-state index is -0.441. The number of hydrogen-bond acceptors (Lipinski definition) is 4. The van der Waals surface area contributed by atoms with Crippen molar-refractivity contribution in [2.75, 3.05) is 13.7 Å². The number of benzene rings is 1. The molecule has 2 rings (SSSR count). The summed E-state index contributed by atoms with van der Waals surface area (Å²) in [5, 5.41) is 8.26. The Morgan fingerprint density at radius 3 is 2.75 bits per heavy atom. The van der Waals surface area contributed by atoms with Crippen molar-refractivity contribution in [3.63, 3.8) is 0 Å². The standard InChI is InChI=1S/C14H18N4O2/c1-9-4-5-11(8-12(9)13(15)19)14-17-16-10(2)18(14)6-7-20-3/h4-5,8H,6-7H2,1-3H3,(H2,15,19). The minimum Gasteiger partial charge on any atom is -0.383 e. The second-order valence-electron chi connectivity index (χ2n) is 4.61. The largest absolute Gasteiger partial charge is 0.383 e. The van der Waals surface area contributed by atoms with Crippen LogP contribution in [0.15, 0.2) is 18.2 Å². The Kier molecular flexibility index (Phi) is 4.14. The van der Waals surface area contributed by atoms with Gasteiger partial charge in [0.2, 0.25) is 5.91 Å². The summed E-state index contributed by atoms with van der Waals surface area (Å²) in [6, 6.07) is 5.53. The molecule has 6 heteroatoms. The lowest BCUT2D eigenvalue weighted by atomic mass is 10.0. The maximum atomic E-state index is 11.4. The Balaban J connectivity index is 2.46. The molecule has 0 aliphatic carbocycles. The van der Waals surface area contributed by atoms with Crippen LogP contribution in [0, 0.1) is 13.8 Å². The van der Waals surface area contributed by atoms with Crippen LogP contribution in [0.25, 0.3) is 11.4 Å². The third kappa shape index (κ3) is 2.70. The summed E-state index contributed by atoms with van der Waals surface area (Å²) in [5.74, 6) is 1.07. The minimum absolute atomic E-state index is 0.441. The van der Waals surface area contributed by atoms with Crippen LogP contribution in [0.2, 0.25) is 0 Å². The fraction of sp³-hybridized carbons (Fsp3) is 0.357. The fourth-order valence-electron chi connectivity index (χ4n) is 2.07. The molecule has 0 atom stereocenters. The van der Waals surface area contributed by atoms with E-state index in [4.69, 9.17) is 10.5 Å². The van der Waals surface area contributed by atoms with E-state index in [0.29, 0.717) is 24.5 Å². The van der Waals surface area contributed by atoms with Gasteiger partial charge in [-0.25, -0.2) is 0 Å². The summed E-state index contributed by atoms with van der Waals surface area (Å²) >= 11 is 0. The summed E-state index contributed by atoms with van der Waals surface area (Å²) in [7, 11) is 1.65. The molecule has 0 bridgehead atoms. The van der Waals surface area contributed by atoms with Crippen molar-refractivity contribution in [3.05, 3.63) is 35.2 Å². The third-order valence-electron chi connectivity index (χ3n) is 3.22. The van der Waals surface area contributed by atoms with E-state index in [9.17, 15) is 4.79 Å². The smallest absolute Gasteiger partial charge is 0.248 e. The first-order valence-corrected chi connectivity index (χ1v) is 6.34. The molecule has 1 amide bonds. The molecule has 2 N–H and O–H groups in total. The van der Waals surface area contributed by atoms with Gasteiger partial charge in [-0.2, -0.15) is 0 Å². The zero-order chi connectivity index (χ0) is 14.7. The molecule has 0 spiro atoms. The van der Waals surface area contributed by atoms with Gasteiger partial charge in [-0.15, -0.1) is 10.2 Å². The summed E-state index contributed by atoms with van der Waals surface area (Å²) in [5.41, 5.74) is 7.55. The van der Waals surface area contributed by atoms with Gasteiger partial charge < -0.3 is 15.0 Å². The second-order valence-corrected chi connectivity index (χ2v) is 4.61. The van der Waals surface area contributed by atoms with Crippen molar-refractivity contribution in [2.24, 2.45) is 5.73 Å². The van der Waals surface area contributed by atoms with E-state index >= 15 is 0 Å². The van der Waals surface area contributed by atoms with E-state index in [1.54, 1.807) is 13.2 Å². The van der Waals surface area contributed by atoms with Crippen LogP contribution in [0.3, 0.4) is 0 Å². The van der Waals surface area contributed by atoms with Crippen molar-refractivity contribution in [1.29, 1.82) is 0 Å². The number of ether oxygens (including phenoxy) is 1. The molecular formula is C14H18N4O2. The van der Waals surface area contributed by atoms with Crippen LogP contribution in [0.4, 0.5) is 0 Å². The number of aryl methyl sites for hydroxylation is 2. The Hall–Kier alpha value is -2.21. The van der Waals surface area contributed by atoms with Gasteiger partial charge in [0.05, 0.1) is 6.61 Å². The van der Waals surface area contributed by atoms with Gasteiger partial charge in [-0.05, 0) is 25.5 Å². The van der Waals surface area contributed by atoms with Crippen LogP contribution in [-0.2, 0) is 11.3 Å². The van der Waals surface area contributed by atoms with E-state index in [2.05, 4.69) is 10.2 Å². The van der Waals surface area contributed by atoms with Crippen molar-refractivity contribution >= 4 is 5.91 Å². The van der Waals surface area contributed by atoms with Gasteiger partial charge in [0.1, 0.15) is 5.82 Å². The monoisotopic (exact) mass is 274 g/mol. The maximum Gasteiger partial charge on any atom is 0.248 e. The predicted octanol–water partition coefficient (Wildman–Crippen LogP) is 1.31. The van der Waals surface area contributed by atoms with Crippen molar-refractivity contribution in [1.82, 2.24) is 14.8 Å². The highest BCUT2D eigenvalue weighted by atomic mass is 16.5. The Labute approximate surface area is 117 Å². The molecule has 0 saturated carbocycles. The second kappa shape index (κ2) is 5.83. The van der Waals surface area contributed by atoms with Crippen LogP contribution in [0.5, 0.6) is 0 Å². The lowest BCUT2D eigenvalue weighted by Crippen LogP contribution is -2.13. The average molecular weight is 274 g/mol. The molecule has 0 saturated heterocycles. The molecule has 0 aliphatic rings. The molecule has 2 aromatic rings. The number of rotatable bonds is 5. The molecule has 0 unspecified atom stereocenters. The number of nitrogens with two attached hydrogens (primary N) is 1. The van der Waals surface area contributed by atoms with Gasteiger partial charge in [0.15, 0.2) is 5.82 Å². The zero-order valence-electron chi connectivity index (χ0n) is 11.9. The van der Waals surface area contributed by atoms with Gasteiger partial charge >= 0.3 is 0 Å². The number of methoxy groups -OCH3 is 1. The SMILES string of the molecule is COCCn1c(C)nnc1-c1ccc(C)c(C(N)=O)c1. The number of nitrogens with zero attached hydrogens (tertiary/aromatic N) is 3. The number of carbonyl (C=O) groups excluding carboxylic acids is 1. The topological polar surface area (TPSA) is 83.0 Å². The van der Waals surface area contributed by atoms with Crippen molar-refractivity contribution in [3.8, 4) is 11.4 Å². The van der Waals surface area contributed by atoms with E-state index < -0.39 is 5.91 Å². The van der Waals surface area contributed by atoms with E-state index in [1.165, 1.54) is 0 Å². The summed E-state index contributed by atoms with van der Waals surface area (Å²) in [4.78, 5) is 11.4. The summed E-state index contributed by atoms with van der Waals surface area (Å²) in [6.07, 6.45) is 0. The van der Waals surface area contributed by atoms with Gasteiger partial charge in [-0.3, -0.25) is 4.79 Å². The molecule has 1 aromatic heterocycles. The highest BCUT2D eigenvalue weighted by Gasteiger charge is 2.13. The molecule has 0 aliphatic heterocycles. The van der Waals surface area contributed by atoms with Crippen molar-refractivity contribution < 1.29 is 9.53 Å². The molecule has 106 valence electrons. The van der Waals surface area contributed by atoms with Crippen molar-refractivity contribution in [2.45, 2.75) is 20.4 Å². The first-order chi connectivity index (χ1) is 9.54. The van der Waals surface area contributed by atoms with Crippen LogP contribution >= 0.6 is 0 Å². The number of aromatic nitrogens is 3. The fourth-order valence-corrected chi connectivity index (χ4v) is 2.07. The zero-order valence-corrected chi connectivity index (χ0v) is 11.9. The van der Waals surface area contributed by atoms with Crippen LogP contribution in [-0.4, -0.2) is 34.4 Å². The normalized spacial score (nSPS) is 10.8. The highest BCUT2D eigenvalue weighted by Crippen LogP contribution is 2.21. The molecular weight excluding hydrogens is 256 g/mol. The summed E-state index contributed by atoms with van der Waals surface area (Å²) in [6.45, 7) is 4.96. The molecule has 0 radical (unpaired) electrons. The average Bonchev–Trinajstić information content (AvgIpc) is 2.78. The Morgan fingerprint density at radius 2 is 2.10 bits per heavy atom. The van der Waals surface area contributed by atoms with E-state index in [0.717, 1.165) is 17.0 Å². The van der Waals surface area contributed by atoms with Crippen LogP contribution < -0.4 is 5.73 Å². The number of carbonyl (C=O) groups is 1. The van der Waals surface area contributed by atoms with Gasteiger partial charge in [0, 0.05) is 24.8 Å². The number of hydrogen-bond donors (Lipinski definition) is 1. The predicted molar refractivity (Wildman–Crippen MR) is 75.3 cm³/mol. The third-order valence-corrected chi connectivity index (χ3v) is 3.22. The van der Waals surface area contributed by atoms with Gasteiger partial charge in [0.25, 0.3) is 0 Å². The lowest BCUT2D eigenvalue weighted by Gasteiger charge is -2.09. The first-order valence-electron chi connectivity index (χ1n) is 6.34. The molecule has 6 nitrogen and oxygen atoms in total. The highest BCUT2D eigenvalue weighted by molar-refractivity contribution is 5.95. The molecule has 20 heavy (non-hydrogen) atoms. The lowest BCUT2D eigenvalue weighted by molar-refractivity contribution is 0.0999. The van der Waals surface area contributed by atoms with Crippen LogP contribution in [0.1, 0.15) is 21.7 Å². The van der Waals surface area contributed by atoms with Gasteiger partial charge in [-0.1, -0.05) is 12.1 Å². The van der Waals surface area contributed by atoms with E-state index in [-0.39, 0.29) is 0 Å². The number of amides is 1. The maximum absolute atomic E-state index is 11.4. The summed E-state index contributed by atoms with van der Waals surface area (Å²) < 4.78 is 7.05. The molecule has 1 aromatic carbocycles. The molecule has 1 heterocycles. The molecule has 0 fully saturated rings. The van der Waals surface area contributed by atoms with E-state index in [1.807, 2.05) is 30.5 Å². The Morgan fingerprint density at radius 1 is 1.35 bits per heavy atom.